The molecule has 0 saturated heterocycles. The molecule has 0 fully saturated rings. The maximum Gasteiger partial charge on any atom is 0.327 e. The van der Waals surface area contributed by atoms with Gasteiger partial charge in [-0.15, -0.1) is 11.3 Å². The number of hydrogen-bond donors (Lipinski definition) is 2. The highest BCUT2D eigenvalue weighted by Gasteiger charge is 2.20. The molecule has 0 aliphatic rings. The first-order valence-corrected chi connectivity index (χ1v) is 5.50. The second kappa shape index (κ2) is 6.78. The van der Waals surface area contributed by atoms with Crippen LogP contribution in [0, 0.1) is 0 Å². The number of azide groups is 1. The van der Waals surface area contributed by atoms with E-state index in [2.05, 4.69) is 20.3 Å². The van der Waals surface area contributed by atoms with Crippen molar-refractivity contribution in [1.82, 2.24) is 10.3 Å². The van der Waals surface area contributed by atoms with Crippen LogP contribution in [0.4, 0.5) is 0 Å². The molecule has 1 unspecified atom stereocenters. The minimum atomic E-state index is -0.960. The lowest BCUT2D eigenvalue weighted by atomic mass is 10.3. The molecule has 2 N–H and O–H groups in total. The van der Waals surface area contributed by atoms with Crippen LogP contribution in [0.3, 0.4) is 0 Å². The zero-order valence-electron chi connectivity index (χ0n) is 8.41. The van der Waals surface area contributed by atoms with E-state index in [1.165, 1.54) is 11.3 Å². The van der Waals surface area contributed by atoms with Gasteiger partial charge in [-0.1, -0.05) is 5.11 Å². The number of rotatable bonds is 7. The molecule has 1 rings (SSSR count). The van der Waals surface area contributed by atoms with Gasteiger partial charge in [0.25, 0.3) is 0 Å². The highest BCUT2D eigenvalue weighted by molar-refractivity contribution is 7.09. The summed E-state index contributed by atoms with van der Waals surface area (Å²) in [5.41, 5.74) is 8.05. The van der Waals surface area contributed by atoms with E-state index in [0.717, 1.165) is 0 Å². The Kier molecular flexibility index (Phi) is 5.27. The van der Waals surface area contributed by atoms with E-state index in [9.17, 15) is 4.79 Å². The van der Waals surface area contributed by atoms with Crippen LogP contribution in [-0.4, -0.2) is 29.1 Å². The van der Waals surface area contributed by atoms with Crippen molar-refractivity contribution in [3.63, 3.8) is 0 Å². The molecule has 0 radical (unpaired) electrons. The summed E-state index contributed by atoms with van der Waals surface area (Å²) in [6.45, 7) is 0.823. The molecule has 8 heteroatoms. The Morgan fingerprint density at radius 2 is 2.62 bits per heavy atom. The zero-order chi connectivity index (χ0) is 11.8. The number of nitrogens with zero attached hydrogens (tertiary/aromatic N) is 4. The fraction of sp³-hybridized carbons (Fsp3) is 0.500. The molecule has 7 nitrogen and oxygen atoms in total. The third-order valence-electron chi connectivity index (χ3n) is 1.79. The van der Waals surface area contributed by atoms with E-state index in [4.69, 9.17) is 10.6 Å². The van der Waals surface area contributed by atoms with Crippen LogP contribution in [0.25, 0.3) is 10.4 Å². The van der Waals surface area contributed by atoms with Crippen molar-refractivity contribution in [2.45, 2.75) is 12.5 Å². The first-order chi connectivity index (χ1) is 7.75. The first kappa shape index (κ1) is 12.4. The van der Waals surface area contributed by atoms with Gasteiger partial charge < -0.3 is 5.11 Å². The number of thiazole rings is 1. The fourth-order valence-corrected chi connectivity index (χ4v) is 1.80. The normalized spacial score (nSPS) is 11.8. The molecule has 16 heavy (non-hydrogen) atoms. The molecular formula is C8H11N5O2S. The Morgan fingerprint density at radius 1 is 1.81 bits per heavy atom. The summed E-state index contributed by atoms with van der Waals surface area (Å²) in [7, 11) is 0. The summed E-state index contributed by atoms with van der Waals surface area (Å²) in [6.07, 6.45) is 2.16. The highest BCUT2D eigenvalue weighted by Crippen LogP contribution is 2.15. The molecule has 1 heterocycles. The van der Waals surface area contributed by atoms with Gasteiger partial charge in [0.2, 0.25) is 0 Å². The maximum atomic E-state index is 10.9. The van der Waals surface area contributed by atoms with Crippen LogP contribution < -0.4 is 5.32 Å². The number of aromatic nitrogens is 1. The van der Waals surface area contributed by atoms with Crippen molar-refractivity contribution in [2.24, 2.45) is 5.11 Å². The van der Waals surface area contributed by atoms with Gasteiger partial charge in [0.15, 0.2) is 6.04 Å². The number of hydrogen-bond acceptors (Lipinski definition) is 5. The number of aliphatic carboxylic acids is 1. The van der Waals surface area contributed by atoms with E-state index in [-0.39, 0.29) is 0 Å². The van der Waals surface area contributed by atoms with Crippen LogP contribution >= 0.6 is 11.3 Å². The molecule has 0 saturated carbocycles. The zero-order valence-corrected chi connectivity index (χ0v) is 9.22. The molecule has 0 aromatic carbocycles. The Morgan fingerprint density at radius 3 is 3.19 bits per heavy atom. The van der Waals surface area contributed by atoms with E-state index in [1.54, 1.807) is 11.6 Å². The third kappa shape index (κ3) is 3.85. The summed E-state index contributed by atoms with van der Waals surface area (Å²) >= 11 is 1.29. The van der Waals surface area contributed by atoms with Crippen molar-refractivity contribution in [1.29, 1.82) is 0 Å². The predicted molar refractivity (Wildman–Crippen MR) is 59.1 cm³/mol. The highest BCUT2D eigenvalue weighted by atomic mass is 32.1. The monoisotopic (exact) mass is 241 g/mol. The largest absolute Gasteiger partial charge is 0.480 e. The Labute approximate surface area is 95.8 Å². The minimum absolute atomic E-state index is 0.355. The molecule has 0 aliphatic heterocycles. The summed E-state index contributed by atoms with van der Waals surface area (Å²) in [5, 5.41) is 17.4. The summed E-state index contributed by atoms with van der Waals surface area (Å²) in [5.74, 6) is -0.960. The Bertz CT molecular complexity index is 374. The average Bonchev–Trinajstić information content (AvgIpc) is 2.76. The van der Waals surface area contributed by atoms with Gasteiger partial charge in [-0.2, -0.15) is 0 Å². The smallest absolute Gasteiger partial charge is 0.327 e. The number of carbonyl (C=O) groups is 1. The second-order valence-electron chi connectivity index (χ2n) is 2.90. The quantitative estimate of drug-likeness (QED) is 0.326. The minimum Gasteiger partial charge on any atom is -0.480 e. The van der Waals surface area contributed by atoms with Gasteiger partial charge in [-0.05, 0) is 18.5 Å². The van der Waals surface area contributed by atoms with Crippen molar-refractivity contribution < 1.29 is 9.90 Å². The Hall–Kier alpha value is -1.63. The van der Waals surface area contributed by atoms with Gasteiger partial charge in [0, 0.05) is 23.0 Å². The van der Waals surface area contributed by atoms with Gasteiger partial charge in [0.1, 0.15) is 5.01 Å². The molecule has 1 atom stereocenters. The van der Waals surface area contributed by atoms with Crippen LogP contribution in [0.15, 0.2) is 16.7 Å². The SMILES string of the molecule is [N-]=[N+]=NCCCNC(C(=O)O)c1nccs1. The van der Waals surface area contributed by atoms with Gasteiger partial charge in [0.05, 0.1) is 0 Å². The molecule has 0 spiro atoms. The number of carboxylic acids is 1. The second-order valence-corrected chi connectivity index (χ2v) is 3.83. The summed E-state index contributed by atoms with van der Waals surface area (Å²) in [6, 6.07) is -0.786. The third-order valence-corrected chi connectivity index (χ3v) is 2.63. The van der Waals surface area contributed by atoms with Gasteiger partial charge in [-0.25, -0.2) is 4.98 Å². The molecule has 86 valence electrons. The lowest BCUT2D eigenvalue weighted by Gasteiger charge is -2.10. The lowest BCUT2D eigenvalue weighted by molar-refractivity contribution is -0.139. The number of nitrogens with one attached hydrogen (secondary N) is 1. The number of carboxylic acid groups (broad SMARTS) is 1. The average molecular weight is 241 g/mol. The van der Waals surface area contributed by atoms with Crippen molar-refractivity contribution >= 4 is 17.3 Å². The summed E-state index contributed by atoms with van der Waals surface area (Å²) < 4.78 is 0. The Balaban J connectivity index is 2.41. The van der Waals surface area contributed by atoms with Crippen molar-refractivity contribution in [2.75, 3.05) is 13.1 Å². The first-order valence-electron chi connectivity index (χ1n) is 4.62. The van der Waals surface area contributed by atoms with E-state index in [1.807, 2.05) is 0 Å². The van der Waals surface area contributed by atoms with E-state index < -0.39 is 12.0 Å². The molecule has 0 amide bonds. The lowest BCUT2D eigenvalue weighted by Crippen LogP contribution is -2.29. The predicted octanol–water partition coefficient (Wildman–Crippen LogP) is 1.56. The van der Waals surface area contributed by atoms with Gasteiger partial charge in [-0.3, -0.25) is 10.1 Å². The fourth-order valence-electron chi connectivity index (χ4n) is 1.10. The van der Waals surface area contributed by atoms with Crippen molar-refractivity contribution in [3.05, 3.63) is 27.0 Å². The molecule has 1 aromatic rings. The molecular weight excluding hydrogens is 230 g/mol. The van der Waals surface area contributed by atoms with Crippen molar-refractivity contribution in [3.8, 4) is 0 Å². The van der Waals surface area contributed by atoms with Gasteiger partial charge >= 0.3 is 5.97 Å². The van der Waals surface area contributed by atoms with Crippen LogP contribution in [0.1, 0.15) is 17.5 Å². The van der Waals surface area contributed by atoms with E-state index >= 15 is 0 Å². The van der Waals surface area contributed by atoms with Crippen LogP contribution in [-0.2, 0) is 4.79 Å². The topological polar surface area (TPSA) is 111 Å². The van der Waals surface area contributed by atoms with E-state index in [0.29, 0.717) is 24.5 Å². The van der Waals surface area contributed by atoms with Crippen LogP contribution in [0.5, 0.6) is 0 Å². The summed E-state index contributed by atoms with van der Waals surface area (Å²) in [4.78, 5) is 17.5. The maximum absolute atomic E-state index is 10.9. The standard InChI is InChI=1S/C8H11N5O2S/c9-13-12-3-1-2-10-6(8(14)15)7-11-4-5-16-7/h4-6,10H,1-3H2,(H,14,15). The molecule has 0 aliphatic carbocycles. The molecule has 1 aromatic heterocycles. The van der Waals surface area contributed by atoms with Crippen LogP contribution in [0.2, 0.25) is 0 Å². The molecule has 0 bridgehead atoms.